The van der Waals surface area contributed by atoms with E-state index >= 15 is 0 Å². The van der Waals surface area contributed by atoms with Gasteiger partial charge >= 0.3 is 0 Å². The summed E-state index contributed by atoms with van der Waals surface area (Å²) >= 11 is 0. The monoisotopic (exact) mass is 228 g/mol. The molecule has 0 N–H and O–H groups in total. The van der Waals surface area contributed by atoms with Gasteiger partial charge in [0.25, 0.3) is 0 Å². The smallest absolute Gasteiger partial charge is 0.100 e. The van der Waals surface area contributed by atoms with Gasteiger partial charge in [-0.3, -0.25) is 4.98 Å². The first-order valence-electron chi connectivity index (χ1n) is 6.19. The van der Waals surface area contributed by atoms with Crippen molar-refractivity contribution in [3.8, 4) is 6.07 Å². The Labute approximate surface area is 101 Å². The molecule has 17 heavy (non-hydrogen) atoms. The first-order valence-corrected chi connectivity index (χ1v) is 6.19. The fraction of sp³-hybridized carbons (Fsp3) is 0.571. The van der Waals surface area contributed by atoms with Crippen LogP contribution in [0.4, 0.5) is 0 Å². The summed E-state index contributed by atoms with van der Waals surface area (Å²) in [6.45, 7) is 1.70. The number of hydrogen-bond acceptors (Lipinski definition) is 3. The molecule has 0 radical (unpaired) electrons. The van der Waals surface area contributed by atoms with Gasteiger partial charge in [0.05, 0.1) is 11.8 Å². The van der Waals surface area contributed by atoms with Crippen molar-refractivity contribution in [2.45, 2.75) is 31.1 Å². The predicted octanol–water partition coefficient (Wildman–Crippen LogP) is 2.43. The van der Waals surface area contributed by atoms with Crippen LogP contribution in [0.3, 0.4) is 0 Å². The van der Waals surface area contributed by atoms with Gasteiger partial charge in [-0.25, -0.2) is 0 Å². The molecule has 2 aliphatic rings. The molecule has 88 valence electrons. The van der Waals surface area contributed by atoms with E-state index in [9.17, 15) is 5.26 Å². The number of hydrogen-bond donors (Lipinski definition) is 0. The molecule has 3 nitrogen and oxygen atoms in total. The molecule has 0 unspecified atom stereocenters. The van der Waals surface area contributed by atoms with E-state index in [2.05, 4.69) is 11.1 Å². The maximum Gasteiger partial charge on any atom is 0.100 e. The minimum atomic E-state index is -0.335. The van der Waals surface area contributed by atoms with E-state index in [0.717, 1.165) is 44.6 Å². The van der Waals surface area contributed by atoms with Crippen LogP contribution < -0.4 is 0 Å². The summed E-state index contributed by atoms with van der Waals surface area (Å²) in [7, 11) is 0. The summed E-state index contributed by atoms with van der Waals surface area (Å²) in [5.41, 5.74) is 0.962. The van der Waals surface area contributed by atoms with Gasteiger partial charge in [-0.1, -0.05) is 6.07 Å². The molecule has 1 saturated heterocycles. The van der Waals surface area contributed by atoms with Crippen molar-refractivity contribution in [3.63, 3.8) is 0 Å². The average Bonchev–Trinajstić information content (AvgIpc) is 2.37. The number of ether oxygens (including phenoxy) is 1. The third-order valence-electron chi connectivity index (χ3n) is 4.28. The van der Waals surface area contributed by atoms with E-state index in [0.29, 0.717) is 5.41 Å². The maximum atomic E-state index is 9.48. The van der Waals surface area contributed by atoms with E-state index in [1.807, 2.05) is 18.2 Å². The Balaban J connectivity index is 1.82. The Bertz CT molecular complexity index is 435. The molecule has 0 amide bonds. The van der Waals surface area contributed by atoms with Crippen LogP contribution in [0.25, 0.3) is 0 Å². The third-order valence-corrected chi connectivity index (χ3v) is 4.28. The van der Waals surface area contributed by atoms with Crippen LogP contribution in [0, 0.1) is 16.7 Å². The minimum absolute atomic E-state index is 0.335. The van der Waals surface area contributed by atoms with Crippen LogP contribution in [-0.2, 0) is 10.2 Å². The van der Waals surface area contributed by atoms with Gasteiger partial charge in [-0.15, -0.1) is 0 Å². The summed E-state index contributed by atoms with van der Waals surface area (Å²) in [5.74, 6) is 0. The van der Waals surface area contributed by atoms with Crippen LogP contribution in [0.2, 0.25) is 0 Å². The predicted molar refractivity (Wildman–Crippen MR) is 63.2 cm³/mol. The van der Waals surface area contributed by atoms with Gasteiger partial charge < -0.3 is 4.74 Å². The number of pyridine rings is 1. The molecular formula is C14H16N2O. The number of aromatic nitrogens is 1. The minimum Gasteiger partial charge on any atom is -0.381 e. The first kappa shape index (κ1) is 10.7. The number of nitriles is 1. The largest absolute Gasteiger partial charge is 0.381 e. The molecule has 0 atom stereocenters. The van der Waals surface area contributed by atoms with Crippen LogP contribution in [0.1, 0.15) is 31.4 Å². The highest BCUT2D eigenvalue weighted by Gasteiger charge is 2.56. The molecule has 1 saturated carbocycles. The van der Waals surface area contributed by atoms with Crippen molar-refractivity contribution >= 4 is 0 Å². The lowest BCUT2D eigenvalue weighted by Crippen LogP contribution is -2.51. The highest BCUT2D eigenvalue weighted by atomic mass is 16.5. The van der Waals surface area contributed by atoms with Crippen LogP contribution in [0.5, 0.6) is 0 Å². The molecule has 1 aromatic heterocycles. The fourth-order valence-electron chi connectivity index (χ4n) is 3.35. The molecule has 1 aromatic rings. The van der Waals surface area contributed by atoms with E-state index in [1.54, 1.807) is 6.20 Å². The maximum absolute atomic E-state index is 9.48. The normalized spacial score (nSPS) is 24.9. The zero-order valence-corrected chi connectivity index (χ0v) is 9.85. The van der Waals surface area contributed by atoms with Gasteiger partial charge in [0.15, 0.2) is 0 Å². The number of rotatable bonds is 1. The fourth-order valence-corrected chi connectivity index (χ4v) is 3.35. The standard InChI is InChI=1S/C14H16N2O/c15-11-14(12-3-1-2-6-16-12)9-13(10-14)4-7-17-8-5-13/h1-3,6H,4-5,7-10H2. The van der Waals surface area contributed by atoms with Gasteiger partial charge in [-0.2, -0.15) is 5.26 Å². The van der Waals surface area contributed by atoms with Crippen LogP contribution in [-0.4, -0.2) is 18.2 Å². The molecule has 2 fully saturated rings. The van der Waals surface area contributed by atoms with E-state index in [1.165, 1.54) is 0 Å². The molecule has 1 spiro atoms. The molecular weight excluding hydrogens is 212 g/mol. The van der Waals surface area contributed by atoms with Gasteiger partial charge in [0.1, 0.15) is 5.41 Å². The summed E-state index contributed by atoms with van der Waals surface area (Å²) < 4.78 is 5.41. The van der Waals surface area contributed by atoms with Gasteiger partial charge in [0.2, 0.25) is 0 Å². The summed E-state index contributed by atoms with van der Waals surface area (Å²) in [4.78, 5) is 4.37. The zero-order valence-electron chi connectivity index (χ0n) is 9.85. The summed E-state index contributed by atoms with van der Waals surface area (Å²) in [6.07, 6.45) is 5.89. The van der Waals surface area contributed by atoms with Crippen molar-refractivity contribution in [1.29, 1.82) is 5.26 Å². The summed E-state index contributed by atoms with van der Waals surface area (Å²) in [6, 6.07) is 8.35. The Morgan fingerprint density at radius 2 is 2.00 bits per heavy atom. The van der Waals surface area contributed by atoms with Crippen molar-refractivity contribution in [1.82, 2.24) is 4.98 Å². The van der Waals surface area contributed by atoms with E-state index < -0.39 is 0 Å². The summed E-state index contributed by atoms with van der Waals surface area (Å²) in [5, 5.41) is 9.48. The second-order valence-electron chi connectivity index (χ2n) is 5.37. The second kappa shape index (κ2) is 3.82. The van der Waals surface area contributed by atoms with Crippen molar-refractivity contribution in [3.05, 3.63) is 30.1 Å². The van der Waals surface area contributed by atoms with Crippen molar-refractivity contribution in [2.24, 2.45) is 5.41 Å². The highest BCUT2D eigenvalue weighted by Crippen LogP contribution is 2.59. The lowest BCUT2D eigenvalue weighted by molar-refractivity contribution is -0.0588. The molecule has 1 aliphatic carbocycles. The Morgan fingerprint density at radius 3 is 2.59 bits per heavy atom. The lowest BCUT2D eigenvalue weighted by atomic mass is 9.49. The SMILES string of the molecule is N#CC1(c2ccccn2)CC2(CCOCC2)C1. The molecule has 3 rings (SSSR count). The lowest BCUT2D eigenvalue weighted by Gasteiger charge is -2.54. The highest BCUT2D eigenvalue weighted by molar-refractivity contribution is 5.33. The van der Waals surface area contributed by atoms with Crippen molar-refractivity contribution in [2.75, 3.05) is 13.2 Å². The third kappa shape index (κ3) is 1.64. The first-order chi connectivity index (χ1) is 8.29. The Kier molecular flexibility index (Phi) is 2.41. The average molecular weight is 228 g/mol. The molecule has 0 aromatic carbocycles. The Morgan fingerprint density at radius 1 is 1.24 bits per heavy atom. The molecule has 2 heterocycles. The topological polar surface area (TPSA) is 45.9 Å². The molecule has 0 bridgehead atoms. The van der Waals surface area contributed by atoms with Crippen molar-refractivity contribution < 1.29 is 4.74 Å². The number of nitrogens with zero attached hydrogens (tertiary/aromatic N) is 2. The van der Waals surface area contributed by atoms with E-state index in [-0.39, 0.29) is 5.41 Å². The molecule has 3 heteroatoms. The molecule has 1 aliphatic heterocycles. The van der Waals surface area contributed by atoms with Gasteiger partial charge in [-0.05, 0) is 43.2 Å². The van der Waals surface area contributed by atoms with Crippen LogP contribution >= 0.6 is 0 Å². The Hall–Kier alpha value is -1.40. The second-order valence-corrected chi connectivity index (χ2v) is 5.37. The van der Waals surface area contributed by atoms with E-state index in [4.69, 9.17) is 4.74 Å². The zero-order chi connectivity index (χ0) is 11.8. The van der Waals surface area contributed by atoms with Crippen LogP contribution in [0.15, 0.2) is 24.4 Å². The van der Waals surface area contributed by atoms with Gasteiger partial charge in [0, 0.05) is 19.4 Å². The quantitative estimate of drug-likeness (QED) is 0.741.